The quantitative estimate of drug-likeness (QED) is 0.470. The smallest absolute Gasteiger partial charge is 0.128 e. The Morgan fingerprint density at radius 2 is 2.75 bits per heavy atom. The minimum Gasteiger partial charge on any atom is -0.274 e. The molecule has 0 bridgehead atoms. The van der Waals surface area contributed by atoms with Crippen molar-refractivity contribution in [3.8, 4) is 0 Å². The Labute approximate surface area is 47.8 Å². The van der Waals surface area contributed by atoms with Crippen LogP contribution in [0.2, 0.25) is 0 Å². The van der Waals surface area contributed by atoms with E-state index in [-0.39, 0.29) is 0 Å². The molecule has 2 N–H and O–H groups in total. The van der Waals surface area contributed by atoms with E-state index in [1.807, 2.05) is 0 Å². The van der Waals surface area contributed by atoms with Crippen molar-refractivity contribution in [1.82, 2.24) is 16.1 Å². The molecule has 0 saturated carbocycles. The van der Waals surface area contributed by atoms with E-state index in [0.29, 0.717) is 0 Å². The molecule has 0 aromatic carbocycles. The Kier molecular flexibility index (Phi) is 1.48. The molecule has 1 heterocycles. The molecule has 0 aliphatic carbocycles. The zero-order chi connectivity index (χ0) is 5.82. The second-order valence-corrected chi connectivity index (χ2v) is 1.41. The maximum absolute atomic E-state index is 3.68. The Hall–Kier alpha value is -1.03. The fourth-order valence-electron chi connectivity index (χ4n) is 0.452. The molecule has 4 nitrogen and oxygen atoms in total. The average Bonchev–Trinajstić information content (AvgIpc) is 2.19. The Bertz CT molecular complexity index is 109. The van der Waals surface area contributed by atoms with Crippen LogP contribution in [0.3, 0.4) is 0 Å². The fourth-order valence-corrected chi connectivity index (χ4v) is 0.452. The molecule has 0 amide bonds. The van der Waals surface area contributed by atoms with E-state index in [1.165, 1.54) is 0 Å². The first kappa shape index (κ1) is 5.11. The average molecular weight is 112 g/mol. The van der Waals surface area contributed by atoms with Crippen LogP contribution in [0.25, 0.3) is 0 Å². The Morgan fingerprint density at radius 1 is 1.88 bits per heavy atom. The van der Waals surface area contributed by atoms with Crippen LogP contribution >= 0.6 is 0 Å². The second-order valence-electron chi connectivity index (χ2n) is 1.41. The monoisotopic (exact) mass is 112 g/mol. The summed E-state index contributed by atoms with van der Waals surface area (Å²) in [4.78, 5) is 0. The number of nitrogens with zero attached hydrogens (tertiary/aromatic N) is 2. The van der Waals surface area contributed by atoms with Gasteiger partial charge in [-0.1, -0.05) is 6.08 Å². The summed E-state index contributed by atoms with van der Waals surface area (Å²) in [6, 6.07) is 0. The molecule has 0 radical (unpaired) electrons. The van der Waals surface area contributed by atoms with Gasteiger partial charge in [-0.15, -0.1) is 12.1 Å². The van der Waals surface area contributed by atoms with Crippen molar-refractivity contribution in [3.63, 3.8) is 0 Å². The van der Waals surface area contributed by atoms with Gasteiger partial charge in [0.05, 0.1) is 6.54 Å². The minimum atomic E-state index is 0.760. The van der Waals surface area contributed by atoms with Crippen LogP contribution < -0.4 is 11.1 Å². The van der Waals surface area contributed by atoms with Gasteiger partial charge < -0.3 is 0 Å². The number of hydrogen-bond donors (Lipinski definition) is 2. The summed E-state index contributed by atoms with van der Waals surface area (Å²) in [6.07, 6.45) is 3.44. The molecule has 0 atom stereocenters. The van der Waals surface area contributed by atoms with E-state index < -0.39 is 0 Å². The lowest BCUT2D eigenvalue weighted by Crippen LogP contribution is -2.36. The first-order chi connectivity index (χ1) is 3.93. The van der Waals surface area contributed by atoms with E-state index in [2.05, 4.69) is 22.7 Å². The predicted molar refractivity (Wildman–Crippen MR) is 31.7 cm³/mol. The van der Waals surface area contributed by atoms with E-state index in [9.17, 15) is 0 Å². The lowest BCUT2D eigenvalue weighted by atomic mass is 10.6. The molecule has 0 spiro atoms. The lowest BCUT2D eigenvalue weighted by Gasteiger charge is -2.08. The highest BCUT2D eigenvalue weighted by Crippen LogP contribution is 1.79. The van der Waals surface area contributed by atoms with Crippen molar-refractivity contribution < 1.29 is 0 Å². The van der Waals surface area contributed by atoms with Crippen LogP contribution in [0, 0.1) is 0 Å². The Balaban J connectivity index is 2.25. The van der Waals surface area contributed by atoms with Crippen LogP contribution in [0.1, 0.15) is 0 Å². The molecule has 0 aromatic heterocycles. The van der Waals surface area contributed by atoms with Crippen molar-refractivity contribution in [3.05, 3.63) is 12.7 Å². The van der Waals surface area contributed by atoms with Crippen LogP contribution in [0.15, 0.2) is 17.8 Å². The van der Waals surface area contributed by atoms with Crippen LogP contribution in [-0.2, 0) is 0 Å². The maximum Gasteiger partial charge on any atom is 0.128 e. The molecular formula is C4H8N4. The first-order valence-electron chi connectivity index (χ1n) is 2.35. The summed E-state index contributed by atoms with van der Waals surface area (Å²) in [5.41, 5.74) is 5.30. The molecule has 0 unspecified atom stereocenters. The molecule has 1 aliphatic heterocycles. The lowest BCUT2D eigenvalue weighted by molar-refractivity contribution is 0.327. The summed E-state index contributed by atoms with van der Waals surface area (Å²) in [5, 5.41) is 5.45. The minimum absolute atomic E-state index is 0.760. The zero-order valence-corrected chi connectivity index (χ0v) is 4.46. The van der Waals surface area contributed by atoms with Gasteiger partial charge in [0, 0.05) is 0 Å². The topological polar surface area (TPSA) is 39.7 Å². The van der Waals surface area contributed by atoms with Gasteiger partial charge in [-0.25, -0.2) is 5.53 Å². The summed E-state index contributed by atoms with van der Waals surface area (Å²) in [6.45, 7) is 4.31. The maximum atomic E-state index is 3.68. The van der Waals surface area contributed by atoms with E-state index >= 15 is 0 Å². The van der Waals surface area contributed by atoms with Gasteiger partial charge in [0.25, 0.3) is 0 Å². The normalized spacial score (nSPS) is 16.2. The van der Waals surface area contributed by atoms with Gasteiger partial charge in [0.15, 0.2) is 0 Å². The largest absolute Gasteiger partial charge is 0.274 e. The van der Waals surface area contributed by atoms with Crippen molar-refractivity contribution in [2.45, 2.75) is 0 Å². The highest BCUT2D eigenvalue weighted by Gasteiger charge is 1.97. The van der Waals surface area contributed by atoms with Crippen molar-refractivity contribution in [1.29, 1.82) is 0 Å². The van der Waals surface area contributed by atoms with Crippen molar-refractivity contribution in [2.24, 2.45) is 5.10 Å². The van der Waals surface area contributed by atoms with Crippen LogP contribution in [-0.4, -0.2) is 17.9 Å². The van der Waals surface area contributed by atoms with Gasteiger partial charge >= 0.3 is 0 Å². The van der Waals surface area contributed by atoms with E-state index in [1.54, 1.807) is 17.4 Å². The highest BCUT2D eigenvalue weighted by molar-refractivity contribution is 5.55. The fraction of sp³-hybridized carbons (Fsp3) is 0.250. The number of nitrogens with one attached hydrogen (secondary N) is 2. The standard InChI is InChI=1S/C4H8N4/c1-2-3-8-4-5-6-7-8/h2,4,6-7H,1,3H2. The Morgan fingerprint density at radius 3 is 3.25 bits per heavy atom. The zero-order valence-electron chi connectivity index (χ0n) is 4.46. The summed E-state index contributed by atoms with van der Waals surface area (Å²) in [5.74, 6) is 0. The molecule has 0 fully saturated rings. The summed E-state index contributed by atoms with van der Waals surface area (Å²) < 4.78 is 0. The molecule has 44 valence electrons. The van der Waals surface area contributed by atoms with Gasteiger partial charge in [0.1, 0.15) is 6.34 Å². The van der Waals surface area contributed by atoms with Crippen LogP contribution in [0.5, 0.6) is 0 Å². The number of hydrazine groups is 2. The number of hydrazone groups is 1. The molecule has 1 rings (SSSR count). The molecule has 1 aliphatic rings. The molecule has 8 heavy (non-hydrogen) atoms. The van der Waals surface area contributed by atoms with Crippen molar-refractivity contribution >= 4 is 6.34 Å². The second kappa shape index (κ2) is 2.32. The third kappa shape index (κ3) is 0.974. The number of hydrogen-bond acceptors (Lipinski definition) is 4. The summed E-state index contributed by atoms with van der Waals surface area (Å²) in [7, 11) is 0. The van der Waals surface area contributed by atoms with Gasteiger partial charge in [-0.3, -0.25) is 5.01 Å². The molecule has 0 aromatic rings. The van der Waals surface area contributed by atoms with E-state index in [0.717, 1.165) is 6.54 Å². The molecule has 4 heteroatoms. The molecule has 0 saturated heterocycles. The van der Waals surface area contributed by atoms with Gasteiger partial charge in [-0.2, -0.15) is 5.10 Å². The van der Waals surface area contributed by atoms with E-state index in [4.69, 9.17) is 0 Å². The van der Waals surface area contributed by atoms with Gasteiger partial charge in [0.2, 0.25) is 0 Å². The van der Waals surface area contributed by atoms with Gasteiger partial charge in [-0.05, 0) is 0 Å². The molecular weight excluding hydrogens is 104 g/mol. The number of rotatable bonds is 2. The first-order valence-corrected chi connectivity index (χ1v) is 2.35. The third-order valence-corrected chi connectivity index (χ3v) is 0.781. The van der Waals surface area contributed by atoms with Crippen molar-refractivity contribution in [2.75, 3.05) is 6.54 Å². The van der Waals surface area contributed by atoms with Crippen LogP contribution in [0.4, 0.5) is 0 Å². The predicted octanol–water partition coefficient (Wildman–Crippen LogP) is -0.560. The third-order valence-electron chi connectivity index (χ3n) is 0.781. The summed E-state index contributed by atoms with van der Waals surface area (Å²) >= 11 is 0. The SMILES string of the molecule is C=CCN1C=NNN1. The highest BCUT2D eigenvalue weighted by atomic mass is 15.8.